The Morgan fingerprint density at radius 2 is 1.15 bits per heavy atom. The van der Waals surface area contributed by atoms with Gasteiger partial charge in [-0.2, -0.15) is 19.2 Å². The van der Waals surface area contributed by atoms with Crippen molar-refractivity contribution in [1.29, 1.82) is 0 Å². The van der Waals surface area contributed by atoms with E-state index in [2.05, 4.69) is 88.5 Å². The minimum Gasteiger partial charge on any atom is -0.487 e. The van der Waals surface area contributed by atoms with Gasteiger partial charge in [-0.05, 0) is 133 Å². The number of amides is 3. The Labute approximate surface area is 386 Å². The van der Waals surface area contributed by atoms with Crippen molar-refractivity contribution < 1.29 is 57.3 Å². The molecule has 0 aromatic heterocycles. The molecule has 3 N–H and O–H groups in total. The van der Waals surface area contributed by atoms with Crippen LogP contribution in [0.15, 0.2) is 71.7 Å². The molecule has 3 aromatic rings. The molecule has 16 nitrogen and oxygen atoms in total. The van der Waals surface area contributed by atoms with E-state index in [0.29, 0.717) is 23.6 Å². The first-order valence-corrected chi connectivity index (χ1v) is 21.0. The van der Waals surface area contributed by atoms with E-state index in [4.69, 9.17) is 49.7 Å². The van der Waals surface area contributed by atoms with Gasteiger partial charge in [-0.25, -0.2) is 19.4 Å². The number of alkyl carbamates (subject to hydrolysis) is 2. The third kappa shape index (κ3) is 22.2. The van der Waals surface area contributed by atoms with Crippen molar-refractivity contribution in [2.45, 2.75) is 139 Å². The molecule has 0 unspecified atom stereocenters. The molecule has 0 saturated heterocycles. The Bertz CT molecular complexity index is 2120. The van der Waals surface area contributed by atoms with Gasteiger partial charge >= 0.3 is 30.5 Å². The summed E-state index contributed by atoms with van der Waals surface area (Å²) >= 11 is 6.59. The van der Waals surface area contributed by atoms with Crippen molar-refractivity contribution >= 4 is 59.6 Å². The van der Waals surface area contributed by atoms with Crippen LogP contribution in [0.4, 0.5) is 15.3 Å². The van der Waals surface area contributed by atoms with Gasteiger partial charge in [-0.3, -0.25) is 15.4 Å². The highest BCUT2D eigenvalue weighted by Crippen LogP contribution is 2.35. The van der Waals surface area contributed by atoms with Gasteiger partial charge in [-0.1, -0.05) is 71.3 Å². The van der Waals surface area contributed by atoms with Gasteiger partial charge in [0.25, 0.3) is 0 Å². The van der Waals surface area contributed by atoms with E-state index in [0.717, 1.165) is 16.9 Å². The molecule has 1 atom stereocenters. The molecule has 354 valence electrons. The summed E-state index contributed by atoms with van der Waals surface area (Å²) in [7, 11) is 0. The zero-order valence-electron chi connectivity index (χ0n) is 39.8. The van der Waals surface area contributed by atoms with Gasteiger partial charge < -0.3 is 24.3 Å². The zero-order valence-corrected chi connectivity index (χ0v) is 40.5. The number of halogens is 1. The fourth-order valence-electron chi connectivity index (χ4n) is 5.11. The molecule has 0 fully saturated rings. The third-order valence-electron chi connectivity index (χ3n) is 9.36. The van der Waals surface area contributed by atoms with Crippen LogP contribution < -0.4 is 25.4 Å². The number of guanidine groups is 1. The van der Waals surface area contributed by atoms with Crippen LogP contribution in [-0.2, 0) is 46.3 Å². The smallest absolute Gasteiger partial charge is 0.414 e. The quantitative estimate of drug-likeness (QED) is 0.0709. The van der Waals surface area contributed by atoms with E-state index in [-0.39, 0.29) is 64.4 Å². The molecule has 3 amide bonds. The molecule has 0 aliphatic rings. The maximum atomic E-state index is 13.2. The lowest BCUT2D eigenvalue weighted by atomic mass is 9.79. The molecule has 17 heteroatoms. The number of hydrogen-bond donors (Lipinski definition) is 3. The van der Waals surface area contributed by atoms with Crippen molar-refractivity contribution in [1.82, 2.24) is 16.0 Å². The molecule has 0 saturated carbocycles. The van der Waals surface area contributed by atoms with Crippen molar-refractivity contribution in [3.05, 3.63) is 88.4 Å². The van der Waals surface area contributed by atoms with Gasteiger partial charge in [0.05, 0.1) is 11.3 Å². The maximum absolute atomic E-state index is 13.2. The first-order valence-electron chi connectivity index (χ1n) is 20.6. The number of aryl methyl sites for hydroxylation is 1. The summed E-state index contributed by atoms with van der Waals surface area (Å²) in [6, 6.07) is 18.8. The van der Waals surface area contributed by atoms with Crippen molar-refractivity contribution in [2.24, 2.45) is 15.8 Å². The topological polar surface area (TPSA) is 222 Å². The molecule has 0 bridgehead atoms. The number of esters is 1. The summed E-state index contributed by atoms with van der Waals surface area (Å²) in [5, 5.41) is 8.42. The van der Waals surface area contributed by atoms with Crippen molar-refractivity contribution in [2.75, 3.05) is 0 Å². The monoisotopic (exact) mass is 922 g/mol. The molecular formula is C48H63ClN4O12. The summed E-state index contributed by atoms with van der Waals surface area (Å²) in [5.41, 5.74) is 0.168. The lowest BCUT2D eigenvalue weighted by Crippen LogP contribution is -2.47. The zero-order chi connectivity index (χ0) is 50.0. The molecule has 3 aromatic carbocycles. The molecule has 0 aliphatic carbocycles. The minimum atomic E-state index is -0.838. The summed E-state index contributed by atoms with van der Waals surface area (Å²) in [6.07, 6.45) is 0.0923. The van der Waals surface area contributed by atoms with Gasteiger partial charge in [0.2, 0.25) is 11.9 Å². The standard InChI is InChI=1S/C46H63ClN4O8.2CO2/c1-42(2,3)36(27-29-15-23-33(24-16-29)57-46(13,14)43(4,5)6)49-37(52)26-20-30-19-25-34(28-35(30)47)56-38(53)31-17-21-32(22-18-31)48-39(50-40(54)58-44(7,8)9)51-41(55)59-45(10,11)12;2*2-1-3/h15-19,21-25,28,36H,20,26-27H2,1-14H3,(H,49,52)(H2,48,50,51,54,55);;/t36-;;/m0../s1. The van der Waals surface area contributed by atoms with Crippen LogP contribution in [0, 0.1) is 10.8 Å². The highest BCUT2D eigenvalue weighted by molar-refractivity contribution is 6.31. The number of benzene rings is 3. The van der Waals surface area contributed by atoms with Gasteiger partial charge in [-0.15, -0.1) is 0 Å². The largest absolute Gasteiger partial charge is 0.487 e. The van der Waals surface area contributed by atoms with E-state index < -0.39 is 29.4 Å². The summed E-state index contributed by atoms with van der Waals surface area (Å²) in [4.78, 5) is 87.9. The number of aliphatic imine (C=N–C) groups is 1. The SMILES string of the molecule is CC(C)(C)OC(=O)NC(=Nc1ccc(C(=O)Oc2ccc(CCC(=O)N[C@@H](Cc3ccc(OC(C)(C)C(C)(C)C)cc3)C(C)(C)C)c(Cl)c2)cc1)NC(=O)OC(C)(C)C.O=C=O.O=C=O. The summed E-state index contributed by atoms with van der Waals surface area (Å²) in [5.74, 6) is 0.0573. The van der Waals surface area contributed by atoms with Gasteiger partial charge in [0, 0.05) is 22.9 Å². The number of ether oxygens (including phenoxy) is 4. The number of rotatable bonds is 11. The fraction of sp³-hybridized carbons (Fsp3) is 0.479. The lowest BCUT2D eigenvalue weighted by molar-refractivity contribution is -0.193. The summed E-state index contributed by atoms with van der Waals surface area (Å²) < 4.78 is 22.4. The van der Waals surface area contributed by atoms with Crippen LogP contribution in [0.1, 0.15) is 125 Å². The predicted octanol–water partition coefficient (Wildman–Crippen LogP) is 9.34. The van der Waals surface area contributed by atoms with Crippen LogP contribution in [0.25, 0.3) is 0 Å². The Morgan fingerprint density at radius 1 is 0.677 bits per heavy atom. The maximum Gasteiger partial charge on any atom is 0.414 e. The van der Waals surface area contributed by atoms with E-state index in [1.165, 1.54) is 30.3 Å². The Hall–Kier alpha value is -6.34. The molecule has 0 spiro atoms. The second kappa shape index (κ2) is 24.6. The third-order valence-corrected chi connectivity index (χ3v) is 9.71. The van der Waals surface area contributed by atoms with E-state index in [1.54, 1.807) is 53.7 Å². The lowest BCUT2D eigenvalue weighted by Gasteiger charge is -2.39. The molecule has 3 rings (SSSR count). The van der Waals surface area contributed by atoms with Crippen LogP contribution in [0.2, 0.25) is 5.02 Å². The van der Waals surface area contributed by atoms with Crippen molar-refractivity contribution in [3.63, 3.8) is 0 Å². The first-order chi connectivity index (χ1) is 29.8. The average molecular weight is 924 g/mol. The average Bonchev–Trinajstić information content (AvgIpc) is 3.13. The van der Waals surface area contributed by atoms with Gasteiger partial charge in [0.1, 0.15) is 28.3 Å². The van der Waals surface area contributed by atoms with Gasteiger partial charge in [0.15, 0.2) is 0 Å². The molecule has 65 heavy (non-hydrogen) atoms. The minimum absolute atomic E-state index is 0.0385. The fourth-order valence-corrected chi connectivity index (χ4v) is 5.38. The Morgan fingerprint density at radius 3 is 1.58 bits per heavy atom. The number of nitrogens with zero attached hydrogens (tertiary/aromatic N) is 1. The summed E-state index contributed by atoms with van der Waals surface area (Å²) in [6.45, 7) is 27.2. The Balaban J connectivity index is 0.00000333. The van der Waals surface area contributed by atoms with Crippen LogP contribution in [0.3, 0.4) is 0 Å². The second-order valence-electron chi connectivity index (χ2n) is 19.3. The number of hydrogen-bond acceptors (Lipinski definition) is 13. The van der Waals surface area contributed by atoms with Crippen LogP contribution in [0.5, 0.6) is 11.5 Å². The highest BCUT2D eigenvalue weighted by atomic mass is 35.5. The molecular weight excluding hydrogens is 860 g/mol. The van der Waals surface area contributed by atoms with Crippen LogP contribution >= 0.6 is 11.6 Å². The number of nitrogens with one attached hydrogen (secondary N) is 3. The molecule has 0 radical (unpaired) electrons. The highest BCUT2D eigenvalue weighted by Gasteiger charge is 2.35. The predicted molar refractivity (Wildman–Crippen MR) is 243 cm³/mol. The molecule has 0 heterocycles. The number of carbonyl (C=O) groups excluding carboxylic acids is 8. The number of carbonyl (C=O) groups is 4. The molecule has 0 aliphatic heterocycles. The first kappa shape index (κ1) is 56.7. The van der Waals surface area contributed by atoms with Crippen molar-refractivity contribution in [3.8, 4) is 11.5 Å². The second-order valence-corrected chi connectivity index (χ2v) is 19.7. The van der Waals surface area contributed by atoms with E-state index in [1.807, 2.05) is 12.1 Å². The van der Waals surface area contributed by atoms with Crippen LogP contribution in [-0.4, -0.2) is 65.2 Å². The van der Waals surface area contributed by atoms with E-state index in [9.17, 15) is 19.2 Å². The Kier molecular flexibility index (Phi) is 21.5. The van der Waals surface area contributed by atoms with E-state index >= 15 is 0 Å². The normalized spacial score (nSPS) is 11.8.